The molecule has 2 saturated heterocycles. The van der Waals surface area contributed by atoms with Crippen molar-refractivity contribution in [1.82, 2.24) is 14.8 Å². The van der Waals surface area contributed by atoms with E-state index in [1.807, 2.05) is 53.4 Å². The Hall–Kier alpha value is -2.68. The third kappa shape index (κ3) is 4.37. The van der Waals surface area contributed by atoms with Crippen molar-refractivity contribution in [3.05, 3.63) is 48.5 Å². The molecular weight excluding hydrogens is 414 g/mol. The first-order valence-corrected chi connectivity index (χ1v) is 11.3. The maximum atomic E-state index is 12.1. The number of hydrogen-bond donors (Lipinski definition) is 0. The number of hydrogen-bond acceptors (Lipinski definition) is 7. The molecule has 1 amide bonds. The maximum Gasteiger partial charge on any atom is 0.279 e. The molecular formula is C23H25N3O4S. The van der Waals surface area contributed by atoms with Gasteiger partial charge in [-0.05, 0) is 42.8 Å². The fraction of sp³-hybridized carbons (Fsp3) is 0.391. The lowest BCUT2D eigenvalue weighted by Crippen LogP contribution is -2.50. The van der Waals surface area contributed by atoms with Crippen molar-refractivity contribution in [3.63, 3.8) is 0 Å². The number of methoxy groups -OCH3 is 1. The molecule has 8 heteroatoms. The number of aromatic nitrogens is 1. The highest BCUT2D eigenvalue weighted by atomic mass is 32.1. The van der Waals surface area contributed by atoms with E-state index >= 15 is 0 Å². The molecule has 2 aromatic carbocycles. The largest absolute Gasteiger partial charge is 0.492 e. The maximum absolute atomic E-state index is 12.1. The van der Waals surface area contributed by atoms with Crippen LogP contribution in [0.3, 0.4) is 0 Å². The Bertz CT molecular complexity index is 1020. The van der Waals surface area contributed by atoms with Crippen molar-refractivity contribution in [2.24, 2.45) is 0 Å². The summed E-state index contributed by atoms with van der Waals surface area (Å²) in [6, 6.07) is 16.4. The average Bonchev–Trinajstić information content (AvgIpc) is 3.48. The Labute approximate surface area is 185 Å². The van der Waals surface area contributed by atoms with Gasteiger partial charge in [-0.15, -0.1) is 0 Å². The van der Waals surface area contributed by atoms with Gasteiger partial charge in [-0.1, -0.05) is 23.5 Å². The van der Waals surface area contributed by atoms with Crippen LogP contribution in [-0.2, 0) is 9.53 Å². The van der Waals surface area contributed by atoms with E-state index in [2.05, 4.69) is 9.88 Å². The first-order chi connectivity index (χ1) is 15.2. The minimum Gasteiger partial charge on any atom is -0.492 e. The van der Waals surface area contributed by atoms with Gasteiger partial charge in [0.25, 0.3) is 5.19 Å². The van der Waals surface area contributed by atoms with Gasteiger partial charge < -0.3 is 19.1 Å². The van der Waals surface area contributed by atoms with Gasteiger partial charge in [-0.3, -0.25) is 9.69 Å². The number of amides is 1. The molecule has 2 aliphatic rings. The van der Waals surface area contributed by atoms with Crippen molar-refractivity contribution in [1.29, 1.82) is 0 Å². The van der Waals surface area contributed by atoms with Crippen LogP contribution in [0.5, 0.6) is 16.7 Å². The van der Waals surface area contributed by atoms with Crippen LogP contribution >= 0.6 is 11.3 Å². The summed E-state index contributed by atoms with van der Waals surface area (Å²) in [5.41, 5.74) is 0.948. The predicted octanol–water partition coefficient (Wildman–Crippen LogP) is 3.40. The highest BCUT2D eigenvalue weighted by Gasteiger charge is 2.44. The number of nitrogens with zero attached hydrogens (tertiary/aromatic N) is 3. The molecule has 2 aliphatic heterocycles. The van der Waals surface area contributed by atoms with E-state index < -0.39 is 0 Å². The predicted molar refractivity (Wildman–Crippen MR) is 119 cm³/mol. The van der Waals surface area contributed by atoms with E-state index in [0.29, 0.717) is 23.9 Å². The van der Waals surface area contributed by atoms with Crippen molar-refractivity contribution >= 4 is 27.5 Å². The number of benzene rings is 2. The average molecular weight is 440 g/mol. The standard InChI is InChI=1S/C23H25N3O4S/c1-28-15-22(27)26-14-16-12-17(26)13-25(16)10-11-29-18-6-8-19(9-7-18)30-23-24-20-4-2-3-5-21(20)31-23/h2-9,16-17H,10-15H2,1H3/t16-,17-/m0/s1. The summed E-state index contributed by atoms with van der Waals surface area (Å²) in [5, 5.41) is 0.636. The lowest BCUT2D eigenvalue weighted by Gasteiger charge is -2.34. The number of thiazole rings is 1. The van der Waals surface area contributed by atoms with Gasteiger partial charge in [0.1, 0.15) is 24.7 Å². The van der Waals surface area contributed by atoms with Crippen molar-refractivity contribution in [3.8, 4) is 16.7 Å². The normalized spacial score (nSPS) is 20.5. The first kappa shape index (κ1) is 20.2. The first-order valence-electron chi connectivity index (χ1n) is 10.5. The molecule has 31 heavy (non-hydrogen) atoms. The lowest BCUT2D eigenvalue weighted by atomic mass is 10.2. The number of likely N-dealkylation sites (tertiary alicyclic amines) is 2. The molecule has 3 aromatic rings. The Morgan fingerprint density at radius 1 is 1.10 bits per heavy atom. The molecule has 5 rings (SSSR count). The topological polar surface area (TPSA) is 64.1 Å². The van der Waals surface area contributed by atoms with Crippen LogP contribution in [0.25, 0.3) is 10.2 Å². The van der Waals surface area contributed by atoms with E-state index in [4.69, 9.17) is 14.2 Å². The number of rotatable bonds is 8. The summed E-state index contributed by atoms with van der Waals surface area (Å²) in [4.78, 5) is 21.0. The van der Waals surface area contributed by atoms with E-state index in [9.17, 15) is 4.79 Å². The smallest absolute Gasteiger partial charge is 0.279 e. The molecule has 2 bridgehead atoms. The summed E-state index contributed by atoms with van der Waals surface area (Å²) in [6.45, 7) is 3.36. The molecule has 1 aromatic heterocycles. The molecule has 2 fully saturated rings. The second-order valence-electron chi connectivity index (χ2n) is 7.89. The molecule has 0 unspecified atom stereocenters. The Morgan fingerprint density at radius 3 is 2.65 bits per heavy atom. The number of piperazine rings is 1. The number of para-hydroxylation sites is 1. The molecule has 162 valence electrons. The molecule has 0 radical (unpaired) electrons. The van der Waals surface area contributed by atoms with Crippen LogP contribution in [0.1, 0.15) is 6.42 Å². The van der Waals surface area contributed by atoms with Gasteiger partial charge in [0, 0.05) is 38.8 Å². The number of carbonyl (C=O) groups is 1. The minimum absolute atomic E-state index is 0.0963. The Kier molecular flexibility index (Phi) is 5.76. The number of carbonyl (C=O) groups excluding carboxylic acids is 1. The van der Waals surface area contributed by atoms with Crippen LogP contribution in [-0.4, -0.2) is 72.7 Å². The summed E-state index contributed by atoms with van der Waals surface area (Å²) in [5.74, 6) is 1.65. The van der Waals surface area contributed by atoms with Gasteiger partial charge in [0.15, 0.2) is 0 Å². The van der Waals surface area contributed by atoms with E-state index in [0.717, 1.165) is 47.8 Å². The monoisotopic (exact) mass is 439 g/mol. The van der Waals surface area contributed by atoms with Crippen LogP contribution in [0, 0.1) is 0 Å². The summed E-state index contributed by atoms with van der Waals surface area (Å²) in [6.07, 6.45) is 1.05. The lowest BCUT2D eigenvalue weighted by molar-refractivity contribution is -0.137. The molecule has 0 N–H and O–H groups in total. The van der Waals surface area contributed by atoms with Crippen molar-refractivity contribution in [2.75, 3.05) is 40.0 Å². The second-order valence-corrected chi connectivity index (χ2v) is 8.88. The summed E-state index contributed by atoms with van der Waals surface area (Å²) in [7, 11) is 1.56. The zero-order chi connectivity index (χ0) is 21.2. The van der Waals surface area contributed by atoms with Gasteiger partial charge in [0.2, 0.25) is 5.91 Å². The minimum atomic E-state index is 0.0963. The summed E-state index contributed by atoms with van der Waals surface area (Å²) < 4.78 is 17.9. The fourth-order valence-corrected chi connectivity index (χ4v) is 5.25. The number of ether oxygens (including phenoxy) is 3. The van der Waals surface area contributed by atoms with Crippen LogP contribution in [0.15, 0.2) is 48.5 Å². The number of fused-ring (bicyclic) bond motifs is 3. The third-order valence-electron chi connectivity index (χ3n) is 5.89. The molecule has 0 aliphatic carbocycles. The Morgan fingerprint density at radius 2 is 1.90 bits per heavy atom. The van der Waals surface area contributed by atoms with Crippen molar-refractivity contribution < 1.29 is 19.0 Å². The zero-order valence-corrected chi connectivity index (χ0v) is 18.2. The quantitative estimate of drug-likeness (QED) is 0.536. The van der Waals surface area contributed by atoms with Gasteiger partial charge in [-0.25, -0.2) is 4.98 Å². The highest BCUT2D eigenvalue weighted by Crippen LogP contribution is 2.32. The molecule has 0 spiro atoms. The molecule has 0 saturated carbocycles. The second kappa shape index (κ2) is 8.82. The third-order valence-corrected chi connectivity index (χ3v) is 6.81. The van der Waals surface area contributed by atoms with Gasteiger partial charge in [-0.2, -0.15) is 0 Å². The summed E-state index contributed by atoms with van der Waals surface area (Å²) >= 11 is 1.53. The van der Waals surface area contributed by atoms with E-state index in [1.165, 1.54) is 11.3 Å². The van der Waals surface area contributed by atoms with E-state index in [-0.39, 0.29) is 12.5 Å². The zero-order valence-electron chi connectivity index (χ0n) is 17.4. The van der Waals surface area contributed by atoms with Crippen LogP contribution in [0.4, 0.5) is 0 Å². The Balaban J connectivity index is 1.09. The van der Waals surface area contributed by atoms with Gasteiger partial charge >= 0.3 is 0 Å². The van der Waals surface area contributed by atoms with Crippen LogP contribution < -0.4 is 9.47 Å². The van der Waals surface area contributed by atoms with Gasteiger partial charge in [0.05, 0.1) is 10.2 Å². The molecule has 7 nitrogen and oxygen atoms in total. The molecule has 2 atom stereocenters. The SMILES string of the molecule is COCC(=O)N1C[C@@H]2C[C@H]1CN2CCOc1ccc(Oc2nc3ccccc3s2)cc1. The fourth-order valence-electron chi connectivity index (χ4n) is 4.42. The van der Waals surface area contributed by atoms with Crippen LogP contribution in [0.2, 0.25) is 0 Å². The molecule has 3 heterocycles. The van der Waals surface area contributed by atoms with E-state index in [1.54, 1.807) is 7.11 Å². The highest BCUT2D eigenvalue weighted by molar-refractivity contribution is 7.20. The van der Waals surface area contributed by atoms with Crippen molar-refractivity contribution in [2.45, 2.75) is 18.5 Å².